The first-order valence-electron chi connectivity index (χ1n) is 10.3. The van der Waals surface area contributed by atoms with Gasteiger partial charge in [0.2, 0.25) is 0 Å². The Morgan fingerprint density at radius 3 is 2.56 bits per heavy atom. The molecule has 0 aliphatic heterocycles. The minimum atomic E-state index is -0.159. The zero-order valence-electron chi connectivity index (χ0n) is 16.6. The third-order valence-corrected chi connectivity index (χ3v) is 6.77. The number of methoxy groups -OCH3 is 1. The Morgan fingerprint density at radius 2 is 1.89 bits per heavy atom. The van der Waals surface area contributed by atoms with Crippen LogP contribution >= 0.6 is 12.2 Å². The van der Waals surface area contributed by atoms with E-state index in [9.17, 15) is 5.11 Å². The van der Waals surface area contributed by atoms with Gasteiger partial charge in [-0.1, -0.05) is 12.2 Å². The highest BCUT2D eigenvalue weighted by Gasteiger charge is 2.26. The van der Waals surface area contributed by atoms with Crippen LogP contribution in [0, 0.1) is 0 Å². The average molecular weight is 396 g/mol. The predicted molar refractivity (Wildman–Crippen MR) is 108 cm³/mol. The van der Waals surface area contributed by atoms with Crippen molar-refractivity contribution in [2.45, 2.75) is 94.9 Å². The molecule has 27 heavy (non-hydrogen) atoms. The molecule has 0 unspecified atom stereocenters. The Morgan fingerprint density at radius 1 is 1.19 bits per heavy atom. The molecule has 8 heteroatoms. The summed E-state index contributed by atoms with van der Waals surface area (Å²) < 4.78 is 7.44. The Hall–Kier alpha value is -1.12. The molecule has 2 aliphatic carbocycles. The monoisotopic (exact) mass is 395 g/mol. The minimum absolute atomic E-state index is 0.159. The maximum Gasteiger partial charge on any atom is 0.151 e. The van der Waals surface area contributed by atoms with Gasteiger partial charge in [0, 0.05) is 26.6 Å². The molecule has 7 nitrogen and oxygen atoms in total. The van der Waals surface area contributed by atoms with Crippen LogP contribution in [0.1, 0.15) is 76.1 Å². The molecule has 3 rings (SSSR count). The van der Waals surface area contributed by atoms with Crippen molar-refractivity contribution in [2.24, 2.45) is 0 Å². The number of aromatic nitrogens is 4. The average Bonchev–Trinajstić information content (AvgIpc) is 3.16. The summed E-state index contributed by atoms with van der Waals surface area (Å²) >= 11 is 5.69. The van der Waals surface area contributed by atoms with E-state index >= 15 is 0 Å². The van der Waals surface area contributed by atoms with Gasteiger partial charge in [-0.05, 0) is 74.6 Å². The van der Waals surface area contributed by atoms with Crippen molar-refractivity contribution in [3.05, 3.63) is 5.82 Å². The number of thiocarbonyl (C=S) groups is 1. The highest BCUT2D eigenvalue weighted by Crippen LogP contribution is 2.29. The lowest BCUT2D eigenvalue weighted by Crippen LogP contribution is -2.39. The molecule has 0 radical (unpaired) electrons. The lowest BCUT2D eigenvalue weighted by Gasteiger charge is -2.35. The van der Waals surface area contributed by atoms with Gasteiger partial charge in [-0.3, -0.25) is 0 Å². The number of aryl methyl sites for hydroxylation is 1. The number of aliphatic hydroxyl groups is 1. The van der Waals surface area contributed by atoms with Crippen LogP contribution in [0.25, 0.3) is 0 Å². The summed E-state index contributed by atoms with van der Waals surface area (Å²) in [5.41, 5.74) is 0. The first-order chi connectivity index (χ1) is 13.1. The Bertz CT molecular complexity index is 595. The maximum atomic E-state index is 9.70. The highest BCUT2D eigenvalue weighted by molar-refractivity contribution is 7.80. The summed E-state index contributed by atoms with van der Waals surface area (Å²) in [6, 6.07) is 0.867. The van der Waals surface area contributed by atoms with Crippen molar-refractivity contribution in [3.8, 4) is 0 Å². The number of nitrogens with zero attached hydrogens (tertiary/aromatic N) is 5. The van der Waals surface area contributed by atoms with Gasteiger partial charge < -0.3 is 14.7 Å². The van der Waals surface area contributed by atoms with Crippen LogP contribution in [0.4, 0.5) is 0 Å². The number of hydrogen-bond acceptors (Lipinski definition) is 6. The minimum Gasteiger partial charge on any atom is -0.393 e. The van der Waals surface area contributed by atoms with Gasteiger partial charge in [0.05, 0.1) is 23.2 Å². The van der Waals surface area contributed by atoms with Gasteiger partial charge in [-0.25, -0.2) is 4.68 Å². The fourth-order valence-electron chi connectivity index (χ4n) is 4.41. The van der Waals surface area contributed by atoms with Crippen molar-refractivity contribution in [1.29, 1.82) is 0 Å². The van der Waals surface area contributed by atoms with Crippen LogP contribution in [-0.2, 0) is 11.2 Å². The van der Waals surface area contributed by atoms with Gasteiger partial charge >= 0.3 is 0 Å². The Balaban J connectivity index is 1.43. The molecule has 1 aromatic rings. The quantitative estimate of drug-likeness (QED) is 0.711. The molecular weight excluding hydrogens is 362 g/mol. The normalized spacial score (nSPS) is 28.9. The van der Waals surface area contributed by atoms with E-state index in [2.05, 4.69) is 27.5 Å². The summed E-state index contributed by atoms with van der Waals surface area (Å²) in [4.78, 5) is 3.34. The van der Waals surface area contributed by atoms with Crippen LogP contribution in [0.3, 0.4) is 0 Å². The molecule has 152 valence electrons. The fourth-order valence-corrected chi connectivity index (χ4v) is 4.70. The first kappa shape index (κ1) is 20.6. The first-order valence-corrected chi connectivity index (χ1v) is 10.7. The zero-order valence-corrected chi connectivity index (χ0v) is 17.4. The van der Waals surface area contributed by atoms with Crippen LogP contribution in [0.15, 0.2) is 0 Å². The molecule has 0 spiro atoms. The topological polar surface area (TPSA) is 76.3 Å². The largest absolute Gasteiger partial charge is 0.393 e. The smallest absolute Gasteiger partial charge is 0.151 e. The lowest BCUT2D eigenvalue weighted by atomic mass is 9.92. The van der Waals surface area contributed by atoms with Crippen LogP contribution < -0.4 is 0 Å². The van der Waals surface area contributed by atoms with E-state index in [-0.39, 0.29) is 6.10 Å². The van der Waals surface area contributed by atoms with Crippen LogP contribution in [0.2, 0.25) is 0 Å². The van der Waals surface area contributed by atoms with Gasteiger partial charge in [-0.2, -0.15) is 0 Å². The molecule has 1 N–H and O–H groups in total. The summed E-state index contributed by atoms with van der Waals surface area (Å²) in [6.45, 7) is 0. The van der Waals surface area contributed by atoms with Gasteiger partial charge in [-0.15, -0.1) is 5.10 Å². The van der Waals surface area contributed by atoms with E-state index in [0.29, 0.717) is 18.2 Å². The molecule has 0 bridgehead atoms. The van der Waals surface area contributed by atoms with Crippen molar-refractivity contribution < 1.29 is 9.84 Å². The van der Waals surface area contributed by atoms with Crippen molar-refractivity contribution in [1.82, 2.24) is 25.1 Å². The Labute approximate surface area is 167 Å². The van der Waals surface area contributed by atoms with Gasteiger partial charge in [0.1, 0.15) is 0 Å². The van der Waals surface area contributed by atoms with Gasteiger partial charge in [0.15, 0.2) is 5.82 Å². The van der Waals surface area contributed by atoms with Crippen molar-refractivity contribution in [3.63, 3.8) is 0 Å². The third-order valence-electron chi connectivity index (χ3n) is 6.28. The van der Waals surface area contributed by atoms with Crippen LogP contribution in [-0.4, -0.2) is 67.6 Å². The number of hydrogen-bond donors (Lipinski definition) is 1. The second-order valence-corrected chi connectivity index (χ2v) is 8.50. The number of tetrazole rings is 1. The third kappa shape index (κ3) is 5.45. The second-order valence-electron chi connectivity index (χ2n) is 8.03. The van der Waals surface area contributed by atoms with Crippen molar-refractivity contribution >= 4 is 17.2 Å². The van der Waals surface area contributed by atoms with E-state index in [1.54, 1.807) is 0 Å². The maximum absolute atomic E-state index is 9.70. The number of ether oxygens (including phenoxy) is 1. The molecular formula is C19H33N5O2S. The number of aliphatic hydroxyl groups excluding tert-OH is 1. The summed E-state index contributed by atoms with van der Waals surface area (Å²) in [7, 11) is 3.94. The summed E-state index contributed by atoms with van der Waals surface area (Å²) in [5, 5.41) is 22.0. The highest BCUT2D eigenvalue weighted by atomic mass is 32.1. The van der Waals surface area contributed by atoms with E-state index in [1.165, 1.54) is 0 Å². The molecule has 1 aromatic heterocycles. The summed E-state index contributed by atoms with van der Waals surface area (Å²) in [6.07, 6.45) is 11.1. The zero-order chi connectivity index (χ0) is 19.2. The molecule has 0 amide bonds. The van der Waals surface area contributed by atoms with Crippen molar-refractivity contribution in [2.75, 3.05) is 14.2 Å². The molecule has 2 aliphatic rings. The number of rotatable bonds is 7. The van der Waals surface area contributed by atoms with E-state index in [0.717, 1.165) is 81.4 Å². The molecule has 2 fully saturated rings. The molecule has 1 heterocycles. The second kappa shape index (κ2) is 9.89. The van der Waals surface area contributed by atoms with E-state index in [1.807, 2.05) is 11.8 Å². The van der Waals surface area contributed by atoms with Crippen LogP contribution in [0.5, 0.6) is 0 Å². The van der Waals surface area contributed by atoms with Gasteiger partial charge in [0.25, 0.3) is 0 Å². The standard InChI is InChI=1S/C19H33N5O2S/c1-23(14-8-12-17(26-2)13-9-14)19(27)5-3-4-18-20-21-22-24(18)15-6-10-16(25)11-7-15/h14-17,25H,3-13H2,1-2H3. The van der Waals surface area contributed by atoms with E-state index < -0.39 is 0 Å². The SMILES string of the molecule is COC1CCC(N(C)C(=S)CCCc2nnnn2C2CCC(O)CC2)CC1. The molecule has 0 atom stereocenters. The Kier molecular flexibility index (Phi) is 7.55. The fraction of sp³-hybridized carbons (Fsp3) is 0.895. The molecule has 0 saturated heterocycles. The summed E-state index contributed by atoms with van der Waals surface area (Å²) in [5.74, 6) is 0.947. The lowest BCUT2D eigenvalue weighted by molar-refractivity contribution is 0.0540. The molecule has 0 aromatic carbocycles. The molecule has 2 saturated carbocycles. The predicted octanol–water partition coefficient (Wildman–Crippen LogP) is 2.69. The van der Waals surface area contributed by atoms with E-state index in [4.69, 9.17) is 17.0 Å².